The lowest BCUT2D eigenvalue weighted by Crippen LogP contribution is -2.00. The molecule has 2 heterocycles. The molecule has 25 heavy (non-hydrogen) atoms. The van der Waals surface area contributed by atoms with Gasteiger partial charge in [0.15, 0.2) is 0 Å². The van der Waals surface area contributed by atoms with Gasteiger partial charge < -0.3 is 15.6 Å². The average molecular weight is 353 g/mol. The largest absolute Gasteiger partial charge is 0.508 e. The van der Waals surface area contributed by atoms with E-state index in [1.165, 1.54) is 19.2 Å². The second-order valence-electron chi connectivity index (χ2n) is 5.18. The Balaban J connectivity index is 2.20. The minimum atomic E-state index is 0.0360. The lowest BCUT2D eigenvalue weighted by molar-refractivity contribution is 0.398. The van der Waals surface area contributed by atoms with Gasteiger partial charge in [-0.15, -0.1) is 0 Å². The molecule has 3 rings (SSSR count). The summed E-state index contributed by atoms with van der Waals surface area (Å²) in [7, 11) is 1.53. The molecule has 0 amide bonds. The van der Waals surface area contributed by atoms with Gasteiger partial charge in [0, 0.05) is 29.0 Å². The van der Waals surface area contributed by atoms with Gasteiger partial charge in [-0.1, -0.05) is 11.6 Å². The molecule has 0 aliphatic rings. The molecule has 0 spiro atoms. The molecule has 0 atom stereocenters. The highest BCUT2D eigenvalue weighted by Crippen LogP contribution is 2.36. The summed E-state index contributed by atoms with van der Waals surface area (Å²) < 4.78 is 5.04. The second-order valence-corrected chi connectivity index (χ2v) is 5.59. The van der Waals surface area contributed by atoms with E-state index in [2.05, 4.69) is 16.0 Å². The molecule has 6 nitrogen and oxygen atoms in total. The van der Waals surface area contributed by atoms with Crippen LogP contribution in [-0.2, 0) is 0 Å². The van der Waals surface area contributed by atoms with E-state index in [0.29, 0.717) is 33.3 Å². The Morgan fingerprint density at radius 3 is 2.60 bits per heavy atom. The lowest BCUT2D eigenvalue weighted by Gasteiger charge is -2.12. The maximum Gasteiger partial charge on any atom is 0.212 e. The van der Waals surface area contributed by atoms with Crippen molar-refractivity contribution in [3.8, 4) is 40.1 Å². The van der Waals surface area contributed by atoms with Gasteiger partial charge in [0.25, 0.3) is 0 Å². The Kier molecular flexibility index (Phi) is 4.42. The molecule has 0 fully saturated rings. The molecule has 0 aliphatic carbocycles. The fourth-order valence-corrected chi connectivity index (χ4v) is 2.69. The molecule has 0 saturated heterocycles. The van der Waals surface area contributed by atoms with E-state index in [1.54, 1.807) is 30.5 Å². The number of aromatic hydroxyl groups is 1. The third kappa shape index (κ3) is 3.18. The first kappa shape index (κ1) is 16.6. The predicted octanol–water partition coefficient (Wildman–Crippen LogP) is 3.63. The molecule has 0 bridgehead atoms. The zero-order valence-electron chi connectivity index (χ0n) is 13.2. The van der Waals surface area contributed by atoms with Crippen molar-refractivity contribution in [1.29, 1.82) is 5.26 Å². The summed E-state index contributed by atoms with van der Waals surface area (Å²) in [4.78, 5) is 8.44. The molecular weight excluding hydrogens is 340 g/mol. The van der Waals surface area contributed by atoms with E-state index in [0.717, 1.165) is 0 Å². The van der Waals surface area contributed by atoms with Crippen LogP contribution < -0.4 is 10.5 Å². The Morgan fingerprint density at radius 1 is 1.20 bits per heavy atom. The van der Waals surface area contributed by atoms with Crippen LogP contribution in [0.5, 0.6) is 11.6 Å². The highest BCUT2D eigenvalue weighted by molar-refractivity contribution is 6.33. The van der Waals surface area contributed by atoms with E-state index in [9.17, 15) is 10.4 Å². The van der Waals surface area contributed by atoms with E-state index in [4.69, 9.17) is 22.1 Å². The van der Waals surface area contributed by atoms with E-state index < -0.39 is 0 Å². The molecule has 0 aliphatic heterocycles. The van der Waals surface area contributed by atoms with E-state index >= 15 is 0 Å². The quantitative estimate of drug-likeness (QED) is 0.745. The van der Waals surface area contributed by atoms with Gasteiger partial charge in [0.05, 0.1) is 17.8 Å². The van der Waals surface area contributed by atoms with Crippen molar-refractivity contribution in [2.24, 2.45) is 0 Å². The van der Waals surface area contributed by atoms with Gasteiger partial charge in [-0.2, -0.15) is 5.26 Å². The van der Waals surface area contributed by atoms with Gasteiger partial charge >= 0.3 is 0 Å². The maximum absolute atomic E-state index is 9.54. The predicted molar refractivity (Wildman–Crippen MR) is 95.3 cm³/mol. The molecule has 0 unspecified atom stereocenters. The van der Waals surface area contributed by atoms with Crippen molar-refractivity contribution in [3.05, 3.63) is 53.2 Å². The van der Waals surface area contributed by atoms with Crippen LogP contribution in [0.3, 0.4) is 0 Å². The Hall–Kier alpha value is -3.30. The number of nitrogens with zero attached hydrogens (tertiary/aromatic N) is 3. The second kappa shape index (κ2) is 6.67. The SMILES string of the molecule is COc1ccc(-c2cc(-c3ccc(O)cc3Cl)c(C#N)c(N)n2)cn1. The number of hydrogen-bond donors (Lipinski definition) is 2. The summed E-state index contributed by atoms with van der Waals surface area (Å²) >= 11 is 6.22. The van der Waals surface area contributed by atoms with Crippen molar-refractivity contribution in [1.82, 2.24) is 9.97 Å². The third-order valence-corrected chi connectivity index (χ3v) is 3.96. The summed E-state index contributed by atoms with van der Waals surface area (Å²) in [6.45, 7) is 0. The van der Waals surface area contributed by atoms with Gasteiger partial charge in [-0.05, 0) is 30.3 Å². The number of anilines is 1. The first-order valence-electron chi connectivity index (χ1n) is 7.23. The summed E-state index contributed by atoms with van der Waals surface area (Å²) in [5.74, 6) is 0.607. The number of ether oxygens (including phenoxy) is 1. The number of nitriles is 1. The number of aromatic nitrogens is 2. The van der Waals surface area contributed by atoms with Crippen molar-refractivity contribution in [2.75, 3.05) is 12.8 Å². The molecule has 1 aromatic carbocycles. The van der Waals surface area contributed by atoms with E-state index in [-0.39, 0.29) is 17.1 Å². The van der Waals surface area contributed by atoms with Crippen LogP contribution in [0, 0.1) is 11.3 Å². The molecule has 3 N–H and O–H groups in total. The number of methoxy groups -OCH3 is 1. The van der Waals surface area contributed by atoms with Crippen LogP contribution in [0.4, 0.5) is 5.82 Å². The smallest absolute Gasteiger partial charge is 0.212 e. The van der Waals surface area contributed by atoms with Crippen LogP contribution in [0.2, 0.25) is 5.02 Å². The summed E-state index contributed by atoms with van der Waals surface area (Å²) in [5, 5.41) is 19.3. The number of phenolic OH excluding ortho intramolecular Hbond substituents is 1. The summed E-state index contributed by atoms with van der Waals surface area (Å²) in [6.07, 6.45) is 1.61. The number of nitrogens with two attached hydrogens (primary N) is 1. The maximum atomic E-state index is 9.54. The number of benzene rings is 1. The van der Waals surface area contributed by atoms with Gasteiger partial charge in [0.2, 0.25) is 5.88 Å². The standard InChI is InChI=1S/C18H13ClN4O2/c1-25-17-5-2-10(9-22-17)16-7-13(14(8-20)18(21)23-16)12-4-3-11(24)6-15(12)19/h2-7,9,24H,1H3,(H2,21,23). The molecule has 3 aromatic rings. The lowest BCUT2D eigenvalue weighted by atomic mass is 9.98. The third-order valence-electron chi connectivity index (χ3n) is 3.64. The van der Waals surface area contributed by atoms with Crippen molar-refractivity contribution >= 4 is 17.4 Å². The Labute approximate surface area is 149 Å². The molecule has 124 valence electrons. The van der Waals surface area contributed by atoms with Crippen molar-refractivity contribution in [3.63, 3.8) is 0 Å². The Morgan fingerprint density at radius 2 is 2.00 bits per heavy atom. The fourth-order valence-electron chi connectivity index (χ4n) is 2.42. The fraction of sp³-hybridized carbons (Fsp3) is 0.0556. The van der Waals surface area contributed by atoms with Crippen molar-refractivity contribution < 1.29 is 9.84 Å². The Bertz CT molecular complexity index is 982. The molecule has 2 aromatic heterocycles. The minimum absolute atomic E-state index is 0.0360. The van der Waals surface area contributed by atoms with Gasteiger partial charge in [-0.25, -0.2) is 9.97 Å². The van der Waals surface area contributed by atoms with Crippen LogP contribution in [0.25, 0.3) is 22.4 Å². The number of nitrogen functional groups attached to an aromatic ring is 1. The van der Waals surface area contributed by atoms with Crippen molar-refractivity contribution in [2.45, 2.75) is 0 Å². The van der Waals surface area contributed by atoms with Gasteiger partial charge in [-0.3, -0.25) is 0 Å². The zero-order chi connectivity index (χ0) is 18.0. The monoisotopic (exact) mass is 352 g/mol. The first-order valence-corrected chi connectivity index (χ1v) is 7.61. The van der Waals surface area contributed by atoms with Crippen LogP contribution >= 0.6 is 11.6 Å². The molecular formula is C18H13ClN4O2. The number of pyridine rings is 2. The number of phenols is 1. The topological polar surface area (TPSA) is 105 Å². The van der Waals surface area contributed by atoms with Crippen LogP contribution in [0.1, 0.15) is 5.56 Å². The highest BCUT2D eigenvalue weighted by Gasteiger charge is 2.16. The molecule has 0 radical (unpaired) electrons. The summed E-state index contributed by atoms with van der Waals surface area (Å²) in [6, 6.07) is 11.8. The van der Waals surface area contributed by atoms with Crippen LogP contribution in [-0.4, -0.2) is 22.2 Å². The molecule has 7 heteroatoms. The normalized spacial score (nSPS) is 10.3. The number of rotatable bonds is 3. The minimum Gasteiger partial charge on any atom is -0.508 e. The number of hydrogen-bond acceptors (Lipinski definition) is 6. The highest BCUT2D eigenvalue weighted by atomic mass is 35.5. The zero-order valence-corrected chi connectivity index (χ0v) is 13.9. The van der Waals surface area contributed by atoms with Crippen LogP contribution in [0.15, 0.2) is 42.6 Å². The van der Waals surface area contributed by atoms with Gasteiger partial charge in [0.1, 0.15) is 23.2 Å². The summed E-state index contributed by atoms with van der Waals surface area (Å²) in [5.41, 5.74) is 8.57. The van der Waals surface area contributed by atoms with E-state index in [1.807, 2.05) is 0 Å². The average Bonchev–Trinajstić information content (AvgIpc) is 2.61. The molecule has 0 saturated carbocycles. The number of halogens is 1. The first-order chi connectivity index (χ1) is 12.0.